The molecule has 5 nitrogen and oxygen atoms in total. The molecular weight excluding hydrogens is 364 g/mol. The molecule has 6 heteroatoms. The van der Waals surface area contributed by atoms with Crippen molar-refractivity contribution in [2.75, 3.05) is 7.11 Å². The first kappa shape index (κ1) is 19.1. The number of oxazole rings is 1. The van der Waals surface area contributed by atoms with Crippen molar-refractivity contribution in [3.8, 4) is 11.3 Å². The largest absolute Gasteiger partial charge is 0.441 e. The first-order valence-corrected chi connectivity index (χ1v) is 9.06. The van der Waals surface area contributed by atoms with Crippen LogP contribution in [0.4, 0.5) is 0 Å². The normalized spacial score (nSPS) is 10.7. The van der Waals surface area contributed by atoms with E-state index < -0.39 is 0 Å². The summed E-state index contributed by atoms with van der Waals surface area (Å²) in [6, 6.07) is 15.3. The Balaban J connectivity index is 1.46. The molecule has 0 saturated heterocycles. The van der Waals surface area contributed by atoms with Crippen LogP contribution < -0.4 is 5.32 Å². The molecule has 140 valence electrons. The van der Waals surface area contributed by atoms with Crippen LogP contribution >= 0.6 is 11.6 Å². The van der Waals surface area contributed by atoms with Gasteiger partial charge < -0.3 is 14.5 Å². The van der Waals surface area contributed by atoms with Gasteiger partial charge in [-0.25, -0.2) is 4.98 Å². The Labute approximate surface area is 163 Å². The molecule has 0 bridgehead atoms. The number of carbonyl (C=O) groups excluding carboxylic acids is 1. The van der Waals surface area contributed by atoms with Crippen LogP contribution in [0.2, 0.25) is 5.02 Å². The van der Waals surface area contributed by atoms with Crippen molar-refractivity contribution in [2.45, 2.75) is 26.0 Å². The molecule has 1 N–H and O–H groups in total. The van der Waals surface area contributed by atoms with Gasteiger partial charge in [-0.2, -0.15) is 0 Å². The lowest BCUT2D eigenvalue weighted by molar-refractivity contribution is -0.121. The molecule has 0 aliphatic heterocycles. The van der Waals surface area contributed by atoms with E-state index in [2.05, 4.69) is 10.3 Å². The van der Waals surface area contributed by atoms with E-state index >= 15 is 0 Å². The van der Waals surface area contributed by atoms with Gasteiger partial charge in [0.2, 0.25) is 5.91 Å². The minimum absolute atomic E-state index is 0.0396. The van der Waals surface area contributed by atoms with Crippen LogP contribution in [0.25, 0.3) is 11.3 Å². The van der Waals surface area contributed by atoms with Crippen molar-refractivity contribution >= 4 is 17.5 Å². The van der Waals surface area contributed by atoms with Gasteiger partial charge in [0.1, 0.15) is 0 Å². The lowest BCUT2D eigenvalue weighted by Crippen LogP contribution is -2.23. The second kappa shape index (κ2) is 9.35. The highest BCUT2D eigenvalue weighted by molar-refractivity contribution is 6.30. The number of aryl methyl sites for hydroxylation is 1. The summed E-state index contributed by atoms with van der Waals surface area (Å²) in [5.74, 6) is 1.17. The Morgan fingerprint density at radius 1 is 1.11 bits per heavy atom. The highest BCUT2D eigenvalue weighted by Crippen LogP contribution is 2.22. The fourth-order valence-corrected chi connectivity index (χ4v) is 2.73. The number of hydrogen-bond acceptors (Lipinski definition) is 4. The summed E-state index contributed by atoms with van der Waals surface area (Å²) in [7, 11) is 1.67. The zero-order valence-electron chi connectivity index (χ0n) is 15.1. The van der Waals surface area contributed by atoms with E-state index in [0.717, 1.165) is 16.7 Å². The fourth-order valence-electron chi connectivity index (χ4n) is 2.60. The monoisotopic (exact) mass is 384 g/mol. The standard InChI is InChI=1S/C21H21ClN2O3/c1-26-14-16-4-2-15(3-5-16)12-23-20(25)10-11-21-24-13-19(27-21)17-6-8-18(22)9-7-17/h2-9,13H,10-12,14H2,1H3,(H,23,25). The Kier molecular flexibility index (Phi) is 6.63. The first-order valence-electron chi connectivity index (χ1n) is 8.68. The second-order valence-corrected chi connectivity index (χ2v) is 6.59. The number of nitrogens with zero attached hydrogens (tertiary/aromatic N) is 1. The van der Waals surface area contributed by atoms with Crippen LogP contribution in [-0.2, 0) is 29.1 Å². The average molecular weight is 385 g/mol. The smallest absolute Gasteiger partial charge is 0.220 e. The van der Waals surface area contributed by atoms with Crippen LogP contribution in [0.5, 0.6) is 0 Å². The fraction of sp³-hybridized carbons (Fsp3) is 0.238. The number of ether oxygens (including phenoxy) is 1. The minimum Gasteiger partial charge on any atom is -0.441 e. The number of hydrogen-bond donors (Lipinski definition) is 1. The maximum atomic E-state index is 12.1. The summed E-state index contributed by atoms with van der Waals surface area (Å²) in [5.41, 5.74) is 3.05. The van der Waals surface area contributed by atoms with Gasteiger partial charge in [0.25, 0.3) is 0 Å². The third kappa shape index (κ3) is 5.67. The van der Waals surface area contributed by atoms with Gasteiger partial charge in [-0.1, -0.05) is 35.9 Å². The molecule has 2 aromatic carbocycles. The SMILES string of the molecule is COCc1ccc(CNC(=O)CCc2ncc(-c3ccc(Cl)cc3)o2)cc1. The molecule has 3 rings (SSSR count). The molecular formula is C21H21ClN2O3. The zero-order chi connectivity index (χ0) is 19.1. The molecule has 3 aromatic rings. The molecule has 0 fully saturated rings. The molecule has 0 radical (unpaired) electrons. The van der Waals surface area contributed by atoms with Gasteiger partial charge in [-0.3, -0.25) is 4.79 Å². The van der Waals surface area contributed by atoms with Crippen molar-refractivity contribution < 1.29 is 13.9 Å². The van der Waals surface area contributed by atoms with Crippen LogP contribution in [0.1, 0.15) is 23.4 Å². The number of aromatic nitrogens is 1. The van der Waals surface area contributed by atoms with Gasteiger partial charge in [-0.15, -0.1) is 0 Å². The number of methoxy groups -OCH3 is 1. The molecule has 27 heavy (non-hydrogen) atoms. The summed E-state index contributed by atoms with van der Waals surface area (Å²) in [4.78, 5) is 16.3. The first-order chi connectivity index (χ1) is 13.1. The van der Waals surface area contributed by atoms with E-state index in [9.17, 15) is 4.79 Å². The Hall–Kier alpha value is -2.63. The highest BCUT2D eigenvalue weighted by atomic mass is 35.5. The quantitative estimate of drug-likeness (QED) is 0.625. The van der Waals surface area contributed by atoms with Gasteiger partial charge in [-0.05, 0) is 35.4 Å². The van der Waals surface area contributed by atoms with Crippen molar-refractivity contribution in [1.29, 1.82) is 0 Å². The summed E-state index contributed by atoms with van der Waals surface area (Å²) in [6.45, 7) is 1.08. The summed E-state index contributed by atoms with van der Waals surface area (Å²) >= 11 is 5.89. The molecule has 0 aliphatic rings. The van der Waals surface area contributed by atoms with Crippen LogP contribution in [0, 0.1) is 0 Å². The third-order valence-electron chi connectivity index (χ3n) is 4.07. The number of halogens is 1. The number of nitrogens with one attached hydrogen (secondary N) is 1. The lowest BCUT2D eigenvalue weighted by Gasteiger charge is -2.06. The summed E-state index contributed by atoms with van der Waals surface area (Å²) < 4.78 is 10.8. The van der Waals surface area contributed by atoms with E-state index in [1.165, 1.54) is 0 Å². The number of rotatable bonds is 8. The molecule has 1 heterocycles. The van der Waals surface area contributed by atoms with Crippen molar-refractivity contribution in [3.05, 3.63) is 76.8 Å². The van der Waals surface area contributed by atoms with Gasteiger partial charge in [0, 0.05) is 37.1 Å². The van der Waals surface area contributed by atoms with Gasteiger partial charge in [0.05, 0.1) is 12.8 Å². The maximum Gasteiger partial charge on any atom is 0.220 e. The van der Waals surface area contributed by atoms with E-state index in [1.807, 2.05) is 36.4 Å². The molecule has 0 saturated carbocycles. The molecule has 1 aromatic heterocycles. The third-order valence-corrected chi connectivity index (χ3v) is 4.32. The summed E-state index contributed by atoms with van der Waals surface area (Å²) in [6.07, 6.45) is 2.44. The van der Waals surface area contributed by atoms with Crippen molar-refractivity contribution in [2.24, 2.45) is 0 Å². The van der Waals surface area contributed by atoms with E-state index in [-0.39, 0.29) is 5.91 Å². The Morgan fingerprint density at radius 3 is 2.52 bits per heavy atom. The van der Waals surface area contributed by atoms with Crippen LogP contribution in [-0.4, -0.2) is 18.0 Å². The minimum atomic E-state index is -0.0396. The van der Waals surface area contributed by atoms with Gasteiger partial charge in [0.15, 0.2) is 11.7 Å². The van der Waals surface area contributed by atoms with Crippen molar-refractivity contribution in [3.63, 3.8) is 0 Å². The Morgan fingerprint density at radius 2 is 1.81 bits per heavy atom. The van der Waals surface area contributed by atoms with E-state index in [0.29, 0.717) is 42.7 Å². The van der Waals surface area contributed by atoms with E-state index in [1.54, 1.807) is 25.4 Å². The molecule has 0 atom stereocenters. The average Bonchev–Trinajstić information content (AvgIpc) is 3.16. The second-order valence-electron chi connectivity index (χ2n) is 6.15. The number of carbonyl (C=O) groups is 1. The molecule has 0 spiro atoms. The van der Waals surface area contributed by atoms with E-state index in [4.69, 9.17) is 20.8 Å². The number of benzene rings is 2. The summed E-state index contributed by atoms with van der Waals surface area (Å²) in [5, 5.41) is 3.58. The van der Waals surface area contributed by atoms with Crippen LogP contribution in [0.3, 0.4) is 0 Å². The molecule has 0 aliphatic carbocycles. The zero-order valence-corrected chi connectivity index (χ0v) is 15.8. The predicted molar refractivity (Wildman–Crippen MR) is 104 cm³/mol. The Bertz CT molecular complexity index is 873. The van der Waals surface area contributed by atoms with Crippen LogP contribution in [0.15, 0.2) is 59.1 Å². The predicted octanol–water partition coefficient (Wildman–Crippen LogP) is 4.39. The van der Waals surface area contributed by atoms with Crippen molar-refractivity contribution in [1.82, 2.24) is 10.3 Å². The topological polar surface area (TPSA) is 64.4 Å². The van der Waals surface area contributed by atoms with Gasteiger partial charge >= 0.3 is 0 Å². The maximum absolute atomic E-state index is 12.1. The number of amides is 1. The highest BCUT2D eigenvalue weighted by Gasteiger charge is 2.09. The lowest BCUT2D eigenvalue weighted by atomic mass is 10.1. The molecule has 0 unspecified atom stereocenters. The molecule has 1 amide bonds.